The molecule has 1 aromatic rings. The van der Waals surface area contributed by atoms with E-state index in [9.17, 15) is 0 Å². The van der Waals surface area contributed by atoms with Crippen molar-refractivity contribution < 1.29 is 0 Å². The molecule has 2 heterocycles. The van der Waals surface area contributed by atoms with Crippen molar-refractivity contribution in [1.82, 2.24) is 10.2 Å². The van der Waals surface area contributed by atoms with Crippen LogP contribution in [0.3, 0.4) is 0 Å². The van der Waals surface area contributed by atoms with Crippen LogP contribution in [-0.4, -0.2) is 21.7 Å². The zero-order valence-electron chi connectivity index (χ0n) is 7.24. The minimum Gasteiger partial charge on any atom is -0.162 e. The molecule has 2 nitrogen and oxygen atoms in total. The van der Waals surface area contributed by atoms with Gasteiger partial charge in [-0.2, -0.15) is 22.0 Å². The van der Waals surface area contributed by atoms with E-state index in [1.54, 1.807) is 6.20 Å². The quantitative estimate of drug-likeness (QED) is 0.757. The van der Waals surface area contributed by atoms with E-state index in [0.717, 1.165) is 18.0 Å². The summed E-state index contributed by atoms with van der Waals surface area (Å²) in [5, 5.41) is 8.59. The Morgan fingerprint density at radius 1 is 1.62 bits per heavy atom. The molecule has 0 aliphatic carbocycles. The van der Waals surface area contributed by atoms with E-state index >= 15 is 0 Å². The number of halogens is 1. The Morgan fingerprint density at radius 2 is 2.54 bits per heavy atom. The molecular weight excluding hydrogens is 204 g/mol. The van der Waals surface area contributed by atoms with E-state index in [4.69, 9.17) is 11.6 Å². The van der Waals surface area contributed by atoms with Gasteiger partial charge in [-0.3, -0.25) is 0 Å². The zero-order valence-corrected chi connectivity index (χ0v) is 8.81. The van der Waals surface area contributed by atoms with Crippen molar-refractivity contribution in [3.63, 3.8) is 0 Å². The van der Waals surface area contributed by atoms with Crippen molar-refractivity contribution in [3.8, 4) is 0 Å². The van der Waals surface area contributed by atoms with Crippen LogP contribution in [0.2, 0.25) is 5.02 Å². The van der Waals surface area contributed by atoms with Gasteiger partial charge in [-0.1, -0.05) is 11.6 Å². The van der Waals surface area contributed by atoms with Gasteiger partial charge >= 0.3 is 0 Å². The second-order valence-electron chi connectivity index (χ2n) is 3.30. The minimum atomic E-state index is 0.690. The molecule has 13 heavy (non-hydrogen) atoms. The molecule has 1 aliphatic rings. The van der Waals surface area contributed by atoms with Gasteiger partial charge in [0.2, 0.25) is 0 Å². The van der Waals surface area contributed by atoms with Crippen LogP contribution in [0, 0.1) is 5.92 Å². The standard InChI is InChI=1S/C9H11ClN2S/c10-8-4-9(12-11-5-8)3-7-1-2-13-6-7/h4-5,7H,1-3,6H2. The molecule has 0 N–H and O–H groups in total. The predicted octanol–water partition coefficient (Wildman–Crippen LogP) is 2.43. The van der Waals surface area contributed by atoms with Gasteiger partial charge in [-0.05, 0) is 36.3 Å². The summed E-state index contributed by atoms with van der Waals surface area (Å²) in [5.41, 5.74) is 1.03. The molecule has 1 aromatic heterocycles. The molecule has 0 aromatic carbocycles. The SMILES string of the molecule is Clc1cnnc(CC2CCSC2)c1. The second kappa shape index (κ2) is 4.29. The summed E-state index contributed by atoms with van der Waals surface area (Å²) >= 11 is 7.85. The topological polar surface area (TPSA) is 25.8 Å². The fourth-order valence-electron chi connectivity index (χ4n) is 1.52. The average molecular weight is 215 g/mol. The molecule has 2 rings (SSSR count). The van der Waals surface area contributed by atoms with Crippen LogP contribution in [0.5, 0.6) is 0 Å². The van der Waals surface area contributed by atoms with Crippen LogP contribution >= 0.6 is 23.4 Å². The van der Waals surface area contributed by atoms with Gasteiger partial charge in [-0.25, -0.2) is 0 Å². The lowest BCUT2D eigenvalue weighted by Gasteiger charge is -2.05. The van der Waals surface area contributed by atoms with Crippen LogP contribution < -0.4 is 0 Å². The third-order valence-corrected chi connectivity index (χ3v) is 3.63. The smallest absolute Gasteiger partial charge is 0.0682 e. The number of thioether (sulfide) groups is 1. The molecule has 70 valence electrons. The first-order valence-electron chi connectivity index (χ1n) is 4.39. The lowest BCUT2D eigenvalue weighted by molar-refractivity contribution is 0.582. The third-order valence-electron chi connectivity index (χ3n) is 2.19. The normalized spacial score (nSPS) is 22.1. The Balaban J connectivity index is 2.00. The summed E-state index contributed by atoms with van der Waals surface area (Å²) in [4.78, 5) is 0. The van der Waals surface area contributed by atoms with E-state index in [1.165, 1.54) is 17.9 Å². The highest BCUT2D eigenvalue weighted by Crippen LogP contribution is 2.26. The predicted molar refractivity (Wildman–Crippen MR) is 56.2 cm³/mol. The Kier molecular flexibility index (Phi) is 3.06. The van der Waals surface area contributed by atoms with E-state index < -0.39 is 0 Å². The summed E-state index contributed by atoms with van der Waals surface area (Å²) in [5.74, 6) is 3.32. The van der Waals surface area contributed by atoms with E-state index in [-0.39, 0.29) is 0 Å². The molecule has 1 saturated heterocycles. The molecule has 0 saturated carbocycles. The minimum absolute atomic E-state index is 0.690. The summed E-state index contributed by atoms with van der Waals surface area (Å²) < 4.78 is 0. The van der Waals surface area contributed by atoms with E-state index in [0.29, 0.717) is 5.02 Å². The van der Waals surface area contributed by atoms with Crippen molar-refractivity contribution in [2.24, 2.45) is 5.92 Å². The van der Waals surface area contributed by atoms with Gasteiger partial charge in [-0.15, -0.1) is 0 Å². The molecule has 4 heteroatoms. The van der Waals surface area contributed by atoms with Gasteiger partial charge in [0.05, 0.1) is 16.9 Å². The van der Waals surface area contributed by atoms with Gasteiger partial charge in [0.15, 0.2) is 0 Å². The number of aromatic nitrogens is 2. The first-order valence-corrected chi connectivity index (χ1v) is 5.93. The number of nitrogens with zero attached hydrogens (tertiary/aromatic N) is 2. The molecule has 1 unspecified atom stereocenters. The zero-order chi connectivity index (χ0) is 9.10. The maximum absolute atomic E-state index is 5.82. The third kappa shape index (κ3) is 2.58. The highest BCUT2D eigenvalue weighted by Gasteiger charge is 2.16. The van der Waals surface area contributed by atoms with Crippen LogP contribution in [0.15, 0.2) is 12.3 Å². The number of hydrogen-bond donors (Lipinski definition) is 0. The van der Waals surface area contributed by atoms with Crippen molar-refractivity contribution in [1.29, 1.82) is 0 Å². The van der Waals surface area contributed by atoms with Gasteiger partial charge in [0, 0.05) is 0 Å². The van der Waals surface area contributed by atoms with Crippen molar-refractivity contribution in [3.05, 3.63) is 23.0 Å². The molecule has 1 atom stereocenters. The van der Waals surface area contributed by atoms with Crippen LogP contribution in [0.25, 0.3) is 0 Å². The number of rotatable bonds is 2. The Labute approximate surface area is 87.1 Å². The fourth-order valence-corrected chi connectivity index (χ4v) is 2.98. The highest BCUT2D eigenvalue weighted by molar-refractivity contribution is 7.99. The second-order valence-corrected chi connectivity index (χ2v) is 4.89. The molecule has 0 amide bonds. The monoisotopic (exact) mass is 214 g/mol. The largest absolute Gasteiger partial charge is 0.162 e. The summed E-state index contributed by atoms with van der Waals surface area (Å²) in [6.45, 7) is 0. The average Bonchev–Trinajstić information content (AvgIpc) is 2.57. The molecule has 1 fully saturated rings. The summed E-state index contributed by atoms with van der Waals surface area (Å²) in [7, 11) is 0. The van der Waals surface area contributed by atoms with Gasteiger partial charge in [0.25, 0.3) is 0 Å². The lowest BCUT2D eigenvalue weighted by Crippen LogP contribution is -2.04. The molecule has 0 bridgehead atoms. The Morgan fingerprint density at radius 3 is 3.23 bits per heavy atom. The van der Waals surface area contributed by atoms with Crippen molar-refractivity contribution in [2.75, 3.05) is 11.5 Å². The van der Waals surface area contributed by atoms with Crippen molar-refractivity contribution in [2.45, 2.75) is 12.8 Å². The Bertz CT molecular complexity index is 287. The maximum atomic E-state index is 5.82. The van der Waals surface area contributed by atoms with Crippen LogP contribution in [-0.2, 0) is 6.42 Å². The summed E-state index contributed by atoms with van der Waals surface area (Å²) in [6, 6.07) is 1.91. The van der Waals surface area contributed by atoms with E-state index in [1.807, 2.05) is 17.8 Å². The molecule has 0 spiro atoms. The molecule has 1 aliphatic heterocycles. The van der Waals surface area contributed by atoms with Gasteiger partial charge in [0.1, 0.15) is 0 Å². The molecule has 0 radical (unpaired) electrons. The first-order chi connectivity index (χ1) is 6.34. The number of hydrogen-bond acceptors (Lipinski definition) is 3. The van der Waals surface area contributed by atoms with E-state index in [2.05, 4.69) is 10.2 Å². The summed E-state index contributed by atoms with van der Waals surface area (Å²) in [6.07, 6.45) is 3.91. The maximum Gasteiger partial charge on any atom is 0.0682 e. The van der Waals surface area contributed by atoms with Crippen molar-refractivity contribution >= 4 is 23.4 Å². The fraction of sp³-hybridized carbons (Fsp3) is 0.556. The van der Waals surface area contributed by atoms with Gasteiger partial charge < -0.3 is 0 Å². The van der Waals surface area contributed by atoms with Crippen LogP contribution in [0.1, 0.15) is 12.1 Å². The lowest BCUT2D eigenvalue weighted by atomic mass is 10.0. The Hall–Kier alpha value is -0.280. The molecular formula is C9H11ClN2S. The highest BCUT2D eigenvalue weighted by atomic mass is 35.5. The first kappa shape index (κ1) is 9.28. The van der Waals surface area contributed by atoms with Crippen LogP contribution in [0.4, 0.5) is 0 Å².